The summed E-state index contributed by atoms with van der Waals surface area (Å²) >= 11 is 5.78. The predicted octanol–water partition coefficient (Wildman–Crippen LogP) is 2.57. The molecule has 0 heterocycles. The second kappa shape index (κ2) is 6.66. The van der Waals surface area contributed by atoms with Crippen molar-refractivity contribution in [1.29, 1.82) is 0 Å². The van der Waals surface area contributed by atoms with Crippen LogP contribution >= 0.6 is 11.6 Å². The lowest BCUT2D eigenvalue weighted by Gasteiger charge is -2.12. The molecule has 5 nitrogen and oxygen atoms in total. The monoisotopic (exact) mass is 280 g/mol. The molecule has 6 heteroatoms. The van der Waals surface area contributed by atoms with Gasteiger partial charge >= 0.3 is 12.0 Å². The molecule has 1 unspecified atom stereocenters. The van der Waals surface area contributed by atoms with E-state index in [4.69, 9.17) is 23.1 Å². The quantitative estimate of drug-likeness (QED) is 0.742. The summed E-state index contributed by atoms with van der Waals surface area (Å²) in [4.78, 5) is 22.4. The van der Waals surface area contributed by atoms with E-state index in [0.29, 0.717) is 12.1 Å². The molecule has 0 spiro atoms. The zero-order valence-corrected chi connectivity index (χ0v) is 11.0. The average molecular weight is 281 g/mol. The zero-order chi connectivity index (χ0) is 14.4. The first kappa shape index (κ1) is 14.9. The number of carbonyl (C=O) groups excluding carboxylic acids is 1. The molecule has 0 radical (unpaired) electrons. The van der Waals surface area contributed by atoms with Gasteiger partial charge in [-0.25, -0.2) is 9.59 Å². The molecule has 0 saturated heterocycles. The Balaban J connectivity index is 2.73. The van der Waals surface area contributed by atoms with Crippen molar-refractivity contribution in [3.63, 3.8) is 0 Å². The summed E-state index contributed by atoms with van der Waals surface area (Å²) in [6, 6.07) is 3.31. The first-order valence-corrected chi connectivity index (χ1v) is 5.92. The number of carbonyl (C=O) groups is 2. The molecule has 1 aromatic carbocycles. The molecular formula is C13H13ClN2O3. The van der Waals surface area contributed by atoms with Crippen molar-refractivity contribution < 1.29 is 14.7 Å². The number of hydrogen-bond acceptors (Lipinski definition) is 2. The maximum atomic E-state index is 11.6. The van der Waals surface area contributed by atoms with Gasteiger partial charge in [0.2, 0.25) is 0 Å². The molecule has 0 aliphatic rings. The Morgan fingerprint density at radius 2 is 2.21 bits per heavy atom. The molecule has 0 aliphatic heterocycles. The molecule has 0 saturated carbocycles. The number of terminal acetylenes is 1. The van der Waals surface area contributed by atoms with E-state index in [1.54, 1.807) is 0 Å². The molecule has 2 amide bonds. The van der Waals surface area contributed by atoms with Crippen LogP contribution in [-0.4, -0.2) is 23.1 Å². The minimum Gasteiger partial charge on any atom is -0.478 e. The number of anilines is 1. The van der Waals surface area contributed by atoms with Gasteiger partial charge in [-0.2, -0.15) is 0 Å². The lowest BCUT2D eigenvalue weighted by molar-refractivity contribution is 0.0697. The Bertz CT molecular complexity index is 537. The summed E-state index contributed by atoms with van der Waals surface area (Å²) in [6.07, 6.45) is 5.84. The van der Waals surface area contributed by atoms with Crippen molar-refractivity contribution in [2.24, 2.45) is 0 Å². The Hall–Kier alpha value is -2.19. The third kappa shape index (κ3) is 4.19. The van der Waals surface area contributed by atoms with Crippen LogP contribution in [0.4, 0.5) is 10.5 Å². The van der Waals surface area contributed by atoms with E-state index in [9.17, 15) is 9.59 Å². The minimum absolute atomic E-state index is 0.0253. The number of aromatic carboxylic acids is 1. The zero-order valence-electron chi connectivity index (χ0n) is 10.2. The summed E-state index contributed by atoms with van der Waals surface area (Å²) in [5, 5.41) is 14.0. The smallest absolute Gasteiger partial charge is 0.337 e. The van der Waals surface area contributed by atoms with Crippen molar-refractivity contribution in [1.82, 2.24) is 5.32 Å². The summed E-state index contributed by atoms with van der Waals surface area (Å²) in [5.41, 5.74) is 0.363. The topological polar surface area (TPSA) is 78.4 Å². The van der Waals surface area contributed by atoms with Crippen LogP contribution in [0.1, 0.15) is 23.7 Å². The lowest BCUT2D eigenvalue weighted by Crippen LogP contribution is -2.36. The van der Waals surface area contributed by atoms with E-state index >= 15 is 0 Å². The number of urea groups is 1. The Morgan fingerprint density at radius 3 is 2.68 bits per heavy atom. The van der Waals surface area contributed by atoms with Crippen LogP contribution in [0.25, 0.3) is 0 Å². The molecule has 1 atom stereocenters. The Kier molecular flexibility index (Phi) is 5.22. The van der Waals surface area contributed by atoms with Gasteiger partial charge in [0.25, 0.3) is 0 Å². The predicted molar refractivity (Wildman–Crippen MR) is 73.5 cm³/mol. The van der Waals surface area contributed by atoms with Gasteiger partial charge in [0.05, 0.1) is 16.6 Å². The highest BCUT2D eigenvalue weighted by Crippen LogP contribution is 2.20. The molecule has 100 valence electrons. The van der Waals surface area contributed by atoms with Crippen LogP contribution in [0.2, 0.25) is 5.02 Å². The number of benzene rings is 1. The number of carboxylic acids is 1. The number of amides is 2. The van der Waals surface area contributed by atoms with Gasteiger partial charge in [0, 0.05) is 5.69 Å². The van der Waals surface area contributed by atoms with E-state index in [0.717, 1.165) is 0 Å². The van der Waals surface area contributed by atoms with E-state index in [2.05, 4.69) is 16.6 Å². The van der Waals surface area contributed by atoms with Gasteiger partial charge in [0.15, 0.2) is 0 Å². The molecule has 0 aromatic heterocycles. The van der Waals surface area contributed by atoms with E-state index in [-0.39, 0.29) is 16.6 Å². The van der Waals surface area contributed by atoms with Gasteiger partial charge < -0.3 is 15.7 Å². The number of carboxylic acid groups (broad SMARTS) is 1. The molecule has 3 N–H and O–H groups in total. The van der Waals surface area contributed by atoms with Gasteiger partial charge in [-0.15, -0.1) is 6.42 Å². The summed E-state index contributed by atoms with van der Waals surface area (Å²) in [6.45, 7) is 1.85. The third-order valence-electron chi connectivity index (χ3n) is 2.37. The van der Waals surface area contributed by atoms with Crippen LogP contribution in [0, 0.1) is 12.3 Å². The van der Waals surface area contributed by atoms with Crippen molar-refractivity contribution in [3.05, 3.63) is 28.8 Å². The van der Waals surface area contributed by atoms with Crippen LogP contribution in [0.5, 0.6) is 0 Å². The minimum atomic E-state index is -1.13. The molecule has 0 aliphatic carbocycles. The normalized spacial score (nSPS) is 11.2. The third-order valence-corrected chi connectivity index (χ3v) is 2.68. The van der Waals surface area contributed by atoms with Crippen LogP contribution in [0.15, 0.2) is 18.2 Å². The highest BCUT2D eigenvalue weighted by Gasteiger charge is 2.11. The summed E-state index contributed by atoms with van der Waals surface area (Å²) in [5.74, 6) is 1.30. The maximum absolute atomic E-state index is 11.6. The van der Waals surface area contributed by atoms with Crippen LogP contribution < -0.4 is 10.6 Å². The highest BCUT2D eigenvalue weighted by molar-refractivity contribution is 6.33. The standard InChI is InChI=1S/C13H13ClN2O3/c1-3-8(4-2)15-13(19)16-9-5-6-10(12(17)18)11(14)7-9/h1,5-8H,4H2,2H3,(H,17,18)(H2,15,16,19). The number of rotatable bonds is 4. The van der Waals surface area contributed by atoms with Gasteiger partial charge in [-0.3, -0.25) is 0 Å². The first-order chi connectivity index (χ1) is 8.97. The average Bonchev–Trinajstić information content (AvgIpc) is 2.35. The fourth-order valence-electron chi connectivity index (χ4n) is 1.35. The van der Waals surface area contributed by atoms with Gasteiger partial charge in [-0.1, -0.05) is 24.4 Å². The summed E-state index contributed by atoms with van der Waals surface area (Å²) in [7, 11) is 0. The molecule has 1 rings (SSSR count). The highest BCUT2D eigenvalue weighted by atomic mass is 35.5. The Labute approximate surface area is 116 Å². The van der Waals surface area contributed by atoms with Gasteiger partial charge in [-0.05, 0) is 24.6 Å². The van der Waals surface area contributed by atoms with Gasteiger partial charge in [0.1, 0.15) is 0 Å². The van der Waals surface area contributed by atoms with Crippen molar-refractivity contribution >= 4 is 29.3 Å². The second-order valence-electron chi connectivity index (χ2n) is 3.73. The summed E-state index contributed by atoms with van der Waals surface area (Å²) < 4.78 is 0. The molecule has 0 bridgehead atoms. The fraction of sp³-hybridized carbons (Fsp3) is 0.231. The molecule has 0 fully saturated rings. The van der Waals surface area contributed by atoms with E-state index in [1.807, 2.05) is 6.92 Å². The SMILES string of the molecule is C#CC(CC)NC(=O)Nc1ccc(C(=O)O)c(Cl)c1. The van der Waals surface area contributed by atoms with E-state index in [1.165, 1.54) is 18.2 Å². The van der Waals surface area contributed by atoms with E-state index < -0.39 is 12.0 Å². The maximum Gasteiger partial charge on any atom is 0.337 e. The number of nitrogens with one attached hydrogen (secondary N) is 2. The molecule has 19 heavy (non-hydrogen) atoms. The largest absolute Gasteiger partial charge is 0.478 e. The van der Waals surface area contributed by atoms with Crippen molar-refractivity contribution in [2.75, 3.05) is 5.32 Å². The number of halogens is 1. The van der Waals surface area contributed by atoms with Crippen molar-refractivity contribution in [3.8, 4) is 12.3 Å². The Morgan fingerprint density at radius 1 is 1.53 bits per heavy atom. The first-order valence-electron chi connectivity index (χ1n) is 5.54. The second-order valence-corrected chi connectivity index (χ2v) is 4.13. The molecular weight excluding hydrogens is 268 g/mol. The number of hydrogen-bond donors (Lipinski definition) is 3. The fourth-order valence-corrected chi connectivity index (χ4v) is 1.61. The van der Waals surface area contributed by atoms with Crippen LogP contribution in [-0.2, 0) is 0 Å². The van der Waals surface area contributed by atoms with Crippen molar-refractivity contribution in [2.45, 2.75) is 19.4 Å². The van der Waals surface area contributed by atoms with Crippen LogP contribution in [0.3, 0.4) is 0 Å². The lowest BCUT2D eigenvalue weighted by atomic mass is 10.2. The molecule has 1 aromatic rings.